The molecule has 19 heavy (non-hydrogen) atoms. The zero-order valence-corrected chi connectivity index (χ0v) is 11.8. The Morgan fingerprint density at radius 2 is 2.00 bits per heavy atom. The first-order valence-corrected chi connectivity index (χ1v) is 6.67. The first-order valence-electron chi connectivity index (χ1n) is 6.67. The number of hydrogen-bond acceptors (Lipinski definition) is 4. The highest BCUT2D eigenvalue weighted by Crippen LogP contribution is 2.27. The molecule has 1 aromatic carbocycles. The molecule has 0 fully saturated rings. The van der Waals surface area contributed by atoms with Crippen molar-refractivity contribution in [2.45, 2.75) is 39.7 Å². The molecule has 0 saturated heterocycles. The fraction of sp³-hybridized carbons (Fsp3) is 0.571. The van der Waals surface area contributed by atoms with Crippen LogP contribution in [0.25, 0.3) is 0 Å². The lowest BCUT2D eigenvalue weighted by Crippen LogP contribution is -2.37. The number of nitro groups is 1. The van der Waals surface area contributed by atoms with E-state index in [0.717, 1.165) is 24.1 Å². The van der Waals surface area contributed by atoms with Gasteiger partial charge in [-0.15, -0.1) is 0 Å². The minimum Gasteiger partial charge on any atom is -0.395 e. The Morgan fingerprint density at radius 3 is 2.42 bits per heavy atom. The first-order chi connectivity index (χ1) is 9.04. The average Bonchev–Trinajstić information content (AvgIpc) is 2.39. The minimum absolute atomic E-state index is 0.0763. The molecule has 5 heteroatoms. The summed E-state index contributed by atoms with van der Waals surface area (Å²) in [6.45, 7) is 6.71. The second-order valence-electron chi connectivity index (χ2n) is 4.62. The summed E-state index contributed by atoms with van der Waals surface area (Å²) in [5.74, 6) is 0. The molecule has 106 valence electrons. The molecule has 0 aliphatic heterocycles. The third kappa shape index (κ3) is 3.67. The number of aliphatic hydroxyl groups excluding tert-OH is 1. The molecule has 0 unspecified atom stereocenters. The molecule has 0 heterocycles. The van der Waals surface area contributed by atoms with Crippen LogP contribution in [0.3, 0.4) is 0 Å². The van der Waals surface area contributed by atoms with Gasteiger partial charge in [-0.25, -0.2) is 0 Å². The van der Waals surface area contributed by atoms with Crippen molar-refractivity contribution in [3.05, 3.63) is 33.9 Å². The molecular formula is C14H22N2O3. The number of benzene rings is 1. The van der Waals surface area contributed by atoms with Gasteiger partial charge in [-0.3, -0.25) is 10.1 Å². The van der Waals surface area contributed by atoms with Gasteiger partial charge in [-0.1, -0.05) is 13.8 Å². The van der Waals surface area contributed by atoms with Gasteiger partial charge < -0.3 is 10.0 Å². The smallest absolute Gasteiger partial charge is 0.269 e. The van der Waals surface area contributed by atoms with Crippen LogP contribution >= 0.6 is 0 Å². The lowest BCUT2D eigenvalue weighted by atomic mass is 10.1. The summed E-state index contributed by atoms with van der Waals surface area (Å²) < 4.78 is 0. The van der Waals surface area contributed by atoms with E-state index in [1.807, 2.05) is 6.92 Å². The molecular weight excluding hydrogens is 244 g/mol. The van der Waals surface area contributed by atoms with Gasteiger partial charge in [0.15, 0.2) is 0 Å². The number of anilines is 1. The van der Waals surface area contributed by atoms with E-state index in [0.29, 0.717) is 12.6 Å². The molecule has 0 atom stereocenters. The predicted molar refractivity (Wildman–Crippen MR) is 76.6 cm³/mol. The standard InChI is InChI=1S/C14H22N2O3/c1-4-12(5-2)15(8-9-17)14-7-6-13(16(18)19)10-11(14)3/h6-7,10,12,17H,4-5,8-9H2,1-3H3. The van der Waals surface area contributed by atoms with E-state index in [2.05, 4.69) is 18.7 Å². The van der Waals surface area contributed by atoms with Gasteiger partial charge >= 0.3 is 0 Å². The van der Waals surface area contributed by atoms with E-state index in [1.165, 1.54) is 6.07 Å². The van der Waals surface area contributed by atoms with Crippen LogP contribution in [-0.4, -0.2) is 29.2 Å². The van der Waals surface area contributed by atoms with Crippen molar-refractivity contribution >= 4 is 11.4 Å². The van der Waals surface area contributed by atoms with Gasteiger partial charge in [0.2, 0.25) is 0 Å². The maximum atomic E-state index is 10.8. The number of hydrogen-bond donors (Lipinski definition) is 1. The molecule has 0 aliphatic carbocycles. The van der Waals surface area contributed by atoms with E-state index < -0.39 is 0 Å². The number of aliphatic hydroxyl groups is 1. The van der Waals surface area contributed by atoms with Crippen molar-refractivity contribution in [3.63, 3.8) is 0 Å². The lowest BCUT2D eigenvalue weighted by Gasteiger charge is -2.33. The number of aryl methyl sites for hydroxylation is 1. The van der Waals surface area contributed by atoms with Crippen molar-refractivity contribution in [3.8, 4) is 0 Å². The Morgan fingerprint density at radius 1 is 1.37 bits per heavy atom. The van der Waals surface area contributed by atoms with E-state index in [1.54, 1.807) is 12.1 Å². The van der Waals surface area contributed by atoms with Crippen molar-refractivity contribution in [1.82, 2.24) is 0 Å². The summed E-state index contributed by atoms with van der Waals surface area (Å²) in [4.78, 5) is 12.5. The monoisotopic (exact) mass is 266 g/mol. The highest BCUT2D eigenvalue weighted by atomic mass is 16.6. The minimum atomic E-state index is -0.385. The second-order valence-corrected chi connectivity index (χ2v) is 4.62. The van der Waals surface area contributed by atoms with Crippen molar-refractivity contribution in [2.75, 3.05) is 18.1 Å². The normalized spacial score (nSPS) is 10.8. The van der Waals surface area contributed by atoms with Crippen LogP contribution in [-0.2, 0) is 0 Å². The molecule has 0 amide bonds. The van der Waals surface area contributed by atoms with Crippen LogP contribution in [0, 0.1) is 17.0 Å². The van der Waals surface area contributed by atoms with Crippen molar-refractivity contribution < 1.29 is 10.0 Å². The lowest BCUT2D eigenvalue weighted by molar-refractivity contribution is -0.384. The number of nitrogens with zero attached hydrogens (tertiary/aromatic N) is 2. The zero-order chi connectivity index (χ0) is 14.4. The molecule has 1 aromatic rings. The topological polar surface area (TPSA) is 66.6 Å². The van der Waals surface area contributed by atoms with Crippen LogP contribution in [0.5, 0.6) is 0 Å². The van der Waals surface area contributed by atoms with Crippen LogP contribution in [0.4, 0.5) is 11.4 Å². The molecule has 0 saturated carbocycles. The second kappa shape index (κ2) is 7.09. The maximum absolute atomic E-state index is 10.8. The third-order valence-corrected chi connectivity index (χ3v) is 3.42. The molecule has 1 N–H and O–H groups in total. The molecule has 0 aromatic heterocycles. The molecule has 0 spiro atoms. The van der Waals surface area contributed by atoms with Gasteiger partial charge in [-0.2, -0.15) is 0 Å². The number of nitro benzene ring substituents is 1. The SMILES string of the molecule is CCC(CC)N(CCO)c1ccc([N+](=O)[O-])cc1C. The molecule has 0 bridgehead atoms. The predicted octanol–water partition coefficient (Wildman–Crippen LogP) is 2.89. The van der Waals surface area contributed by atoms with Gasteiger partial charge in [-0.05, 0) is 31.4 Å². The van der Waals surface area contributed by atoms with E-state index in [4.69, 9.17) is 0 Å². The average molecular weight is 266 g/mol. The number of rotatable bonds is 7. The first kappa shape index (κ1) is 15.4. The Balaban J connectivity index is 3.12. The van der Waals surface area contributed by atoms with Gasteiger partial charge in [0, 0.05) is 30.4 Å². The largest absolute Gasteiger partial charge is 0.395 e. The highest BCUT2D eigenvalue weighted by molar-refractivity contribution is 5.58. The Labute approximate surface area is 114 Å². The van der Waals surface area contributed by atoms with Crippen molar-refractivity contribution in [2.24, 2.45) is 0 Å². The Bertz CT molecular complexity index is 431. The van der Waals surface area contributed by atoms with Crippen LogP contribution in [0.15, 0.2) is 18.2 Å². The van der Waals surface area contributed by atoms with Gasteiger partial charge in [0.1, 0.15) is 0 Å². The van der Waals surface area contributed by atoms with Gasteiger partial charge in [0.25, 0.3) is 5.69 Å². The van der Waals surface area contributed by atoms with Crippen LogP contribution in [0.2, 0.25) is 0 Å². The molecule has 0 aliphatic rings. The summed E-state index contributed by atoms with van der Waals surface area (Å²) in [5, 5.41) is 20.0. The van der Waals surface area contributed by atoms with Crippen molar-refractivity contribution in [1.29, 1.82) is 0 Å². The molecule has 1 rings (SSSR count). The van der Waals surface area contributed by atoms with E-state index >= 15 is 0 Å². The van der Waals surface area contributed by atoms with Crippen LogP contribution < -0.4 is 4.90 Å². The highest BCUT2D eigenvalue weighted by Gasteiger charge is 2.18. The van der Waals surface area contributed by atoms with E-state index in [-0.39, 0.29) is 17.2 Å². The fourth-order valence-corrected chi connectivity index (χ4v) is 2.41. The number of non-ortho nitro benzene ring substituents is 1. The zero-order valence-electron chi connectivity index (χ0n) is 11.8. The molecule has 5 nitrogen and oxygen atoms in total. The Hall–Kier alpha value is -1.62. The van der Waals surface area contributed by atoms with E-state index in [9.17, 15) is 15.2 Å². The summed E-state index contributed by atoms with van der Waals surface area (Å²) >= 11 is 0. The quantitative estimate of drug-likeness (QED) is 0.608. The Kier molecular flexibility index (Phi) is 5.76. The van der Waals surface area contributed by atoms with Crippen LogP contribution in [0.1, 0.15) is 32.3 Å². The summed E-state index contributed by atoms with van der Waals surface area (Å²) in [6, 6.07) is 5.23. The third-order valence-electron chi connectivity index (χ3n) is 3.42. The summed E-state index contributed by atoms with van der Waals surface area (Å²) in [5.41, 5.74) is 1.94. The maximum Gasteiger partial charge on any atom is 0.269 e. The summed E-state index contributed by atoms with van der Waals surface area (Å²) in [7, 11) is 0. The summed E-state index contributed by atoms with van der Waals surface area (Å²) in [6.07, 6.45) is 1.96. The molecule has 0 radical (unpaired) electrons. The fourth-order valence-electron chi connectivity index (χ4n) is 2.41. The van der Waals surface area contributed by atoms with Gasteiger partial charge in [0.05, 0.1) is 11.5 Å².